The number of halogens is 1. The Kier molecular flexibility index (Phi) is 19.0. The molecule has 1 saturated carbocycles. The first-order valence-corrected chi connectivity index (χ1v) is 26.6. The molecule has 3 fully saturated rings. The lowest BCUT2D eigenvalue weighted by Gasteiger charge is -2.47. The number of hydrogen-bond acceptors (Lipinski definition) is 11. The molecule has 14 atom stereocenters. The highest BCUT2D eigenvalue weighted by Gasteiger charge is 2.57. The molecule has 12 nitrogen and oxygen atoms in total. The van der Waals surface area contributed by atoms with Gasteiger partial charge >= 0.3 is 5.97 Å². The average Bonchev–Trinajstić information content (AvgIpc) is 3.24. The molecule has 1 amide bonds. The van der Waals surface area contributed by atoms with Gasteiger partial charge in [-0.1, -0.05) is 60.6 Å². The normalized spacial score (nSPS) is 38.0. The van der Waals surface area contributed by atoms with E-state index in [0.717, 1.165) is 24.8 Å². The van der Waals surface area contributed by atoms with Crippen molar-refractivity contribution in [2.45, 2.75) is 206 Å². The summed E-state index contributed by atoms with van der Waals surface area (Å²) in [5.74, 6) is -7.62. The third kappa shape index (κ3) is 12.6. The van der Waals surface area contributed by atoms with E-state index in [0.29, 0.717) is 31.3 Å². The molecule has 0 aromatic carbocycles. The van der Waals surface area contributed by atoms with E-state index in [1.807, 2.05) is 20.8 Å². The number of carbonyl (C=O) groups excluding carboxylic acids is 4. The van der Waals surface area contributed by atoms with Crippen molar-refractivity contribution >= 4 is 31.8 Å². The number of piperidine rings is 1. The van der Waals surface area contributed by atoms with Crippen molar-refractivity contribution in [2.75, 3.05) is 27.9 Å². The van der Waals surface area contributed by atoms with E-state index in [9.17, 15) is 24.3 Å². The second-order valence-corrected chi connectivity index (χ2v) is 25.6. The fourth-order valence-electron chi connectivity index (χ4n) is 9.97. The van der Waals surface area contributed by atoms with Gasteiger partial charge in [0.15, 0.2) is 8.32 Å². The summed E-state index contributed by atoms with van der Waals surface area (Å²) < 4.78 is 53.5. The van der Waals surface area contributed by atoms with E-state index in [2.05, 4.69) is 39.9 Å². The number of amides is 1. The minimum atomic E-state index is -2.56. The molecule has 0 aromatic heterocycles. The predicted octanol–water partition coefficient (Wildman–Crippen LogP) is 8.48. The third-order valence-electron chi connectivity index (χ3n) is 15.2. The van der Waals surface area contributed by atoms with Gasteiger partial charge in [-0.15, -0.1) is 0 Å². The van der Waals surface area contributed by atoms with Crippen LogP contribution < -0.4 is 0 Å². The van der Waals surface area contributed by atoms with Gasteiger partial charge in [-0.05, 0) is 125 Å². The molecular weight excluding hydrogens is 826 g/mol. The molecule has 14 heteroatoms. The topological polar surface area (TPSA) is 147 Å². The van der Waals surface area contributed by atoms with Gasteiger partial charge in [0.1, 0.15) is 30.2 Å². The second kappa shape index (κ2) is 22.4. The van der Waals surface area contributed by atoms with Crippen LogP contribution in [0, 0.1) is 29.6 Å². The minimum Gasteiger partial charge on any atom is -0.456 e. The van der Waals surface area contributed by atoms with E-state index in [1.165, 1.54) is 19.1 Å². The zero-order valence-corrected chi connectivity index (χ0v) is 42.0. The SMILES string of the molecule is CCC1C=C(C)C(F)C(C)CC(OC)C2OC(O)(C(=O)C(=O)N3CCCCC3C(=O)OC(C(C)=CC3CCC(O[Si](C)(C)C(C)(C)C)C(OC)C3)C(C)CCC1=O)C(C)CC2OC. The molecule has 14 unspecified atom stereocenters. The van der Waals surface area contributed by atoms with Gasteiger partial charge in [0, 0.05) is 46.1 Å². The molecular formula is C49H82FNO11Si. The van der Waals surface area contributed by atoms with E-state index in [4.69, 9.17) is 28.1 Å². The number of hydrogen-bond donors (Lipinski definition) is 1. The summed E-state index contributed by atoms with van der Waals surface area (Å²) >= 11 is 0. The molecule has 2 bridgehead atoms. The van der Waals surface area contributed by atoms with Gasteiger partial charge in [0.05, 0.1) is 24.4 Å². The van der Waals surface area contributed by atoms with Gasteiger partial charge < -0.3 is 38.1 Å². The summed E-state index contributed by atoms with van der Waals surface area (Å²) in [6, 6.07) is -1.08. The largest absolute Gasteiger partial charge is 0.456 e. The summed E-state index contributed by atoms with van der Waals surface area (Å²) in [6.45, 7) is 22.2. The molecule has 0 aromatic rings. The zero-order chi connectivity index (χ0) is 47.2. The van der Waals surface area contributed by atoms with Crippen molar-refractivity contribution in [3.05, 3.63) is 23.3 Å². The maximum absolute atomic E-state index is 16.3. The smallest absolute Gasteiger partial charge is 0.329 e. The first-order valence-electron chi connectivity index (χ1n) is 23.7. The van der Waals surface area contributed by atoms with Crippen molar-refractivity contribution < 1.29 is 56.8 Å². The highest BCUT2D eigenvalue weighted by atomic mass is 28.4. The van der Waals surface area contributed by atoms with E-state index in [1.54, 1.807) is 34.0 Å². The zero-order valence-electron chi connectivity index (χ0n) is 41.0. The van der Waals surface area contributed by atoms with Gasteiger partial charge in [0.25, 0.3) is 11.7 Å². The molecule has 3 aliphatic heterocycles. The predicted molar refractivity (Wildman–Crippen MR) is 243 cm³/mol. The number of Topliss-reactive ketones (excluding diaryl/α,β-unsaturated/α-hetero) is 2. The Balaban J connectivity index is 1.73. The molecule has 63 heavy (non-hydrogen) atoms. The Morgan fingerprint density at radius 2 is 1.56 bits per heavy atom. The molecule has 4 aliphatic rings. The van der Waals surface area contributed by atoms with Crippen LogP contribution in [0.3, 0.4) is 0 Å². The number of carbonyl (C=O) groups is 4. The fourth-order valence-corrected chi connectivity index (χ4v) is 11.4. The number of cyclic esters (lactones) is 1. The fraction of sp³-hybridized carbons (Fsp3) is 0.837. The molecule has 4 rings (SSSR count). The number of aliphatic hydroxyl groups is 1. The minimum absolute atomic E-state index is 0.0200. The highest BCUT2D eigenvalue weighted by Crippen LogP contribution is 2.42. The second-order valence-electron chi connectivity index (χ2n) is 20.9. The maximum Gasteiger partial charge on any atom is 0.329 e. The Morgan fingerprint density at radius 3 is 2.16 bits per heavy atom. The number of ketones is 2. The Labute approximate surface area is 378 Å². The first kappa shape index (κ1) is 53.3. The average molecular weight is 908 g/mol. The van der Waals surface area contributed by atoms with Crippen LogP contribution in [0.2, 0.25) is 18.1 Å². The summed E-state index contributed by atoms with van der Waals surface area (Å²) in [4.78, 5) is 58.3. The lowest BCUT2D eigenvalue weighted by atomic mass is 9.81. The van der Waals surface area contributed by atoms with Crippen molar-refractivity contribution in [3.63, 3.8) is 0 Å². The number of fused-ring (bicyclic) bond motifs is 3. The monoisotopic (exact) mass is 908 g/mol. The van der Waals surface area contributed by atoms with Crippen molar-refractivity contribution in [3.8, 4) is 0 Å². The van der Waals surface area contributed by atoms with Crippen LogP contribution in [0.1, 0.15) is 133 Å². The molecule has 360 valence electrons. The van der Waals surface area contributed by atoms with Crippen molar-refractivity contribution in [1.82, 2.24) is 4.90 Å². The van der Waals surface area contributed by atoms with Crippen molar-refractivity contribution in [1.29, 1.82) is 0 Å². The number of esters is 1. The third-order valence-corrected chi connectivity index (χ3v) is 19.7. The van der Waals surface area contributed by atoms with Crippen LogP contribution in [0.4, 0.5) is 4.39 Å². The standard InChI is InChI=1S/C49H82FNO11Si/c1-15-35-25-30(3)42(50)31(4)26-40(58-11)44-41(59-12)27-33(6)49(56,61-44)45(53)46(54)51-23-17-16-18-36(51)47(55)60-43(29(2)19-21-37(35)52)32(5)24-34-20-22-38(39(28-34)57-10)62-63(13,14)48(7,8)9/h24-25,29,31,33-36,38-44,56H,15-23,26-28H2,1-14H3. The first-order chi connectivity index (χ1) is 29.4. The van der Waals surface area contributed by atoms with E-state index >= 15 is 4.39 Å². The number of alkyl halides is 1. The molecule has 3 heterocycles. The van der Waals surface area contributed by atoms with E-state index < -0.39 is 86.1 Å². The maximum atomic E-state index is 16.3. The van der Waals surface area contributed by atoms with Gasteiger partial charge in [0.2, 0.25) is 5.79 Å². The van der Waals surface area contributed by atoms with Crippen LogP contribution in [-0.4, -0.2) is 124 Å². The lowest BCUT2D eigenvalue weighted by molar-refractivity contribution is -0.302. The lowest BCUT2D eigenvalue weighted by Crippen LogP contribution is -2.64. The Hall–Kier alpha value is -2.33. The summed E-state index contributed by atoms with van der Waals surface area (Å²) in [7, 11) is 2.61. The summed E-state index contributed by atoms with van der Waals surface area (Å²) in [6.07, 6.45) is 4.32. The van der Waals surface area contributed by atoms with Crippen molar-refractivity contribution in [2.24, 2.45) is 29.6 Å². The van der Waals surface area contributed by atoms with Crippen LogP contribution in [0.5, 0.6) is 0 Å². The number of methoxy groups -OCH3 is 3. The summed E-state index contributed by atoms with van der Waals surface area (Å²) in [5, 5.41) is 12.1. The number of nitrogens with zero attached hydrogens (tertiary/aromatic N) is 1. The molecule has 0 spiro atoms. The molecule has 1 N–H and O–H groups in total. The summed E-state index contributed by atoms with van der Waals surface area (Å²) in [5.41, 5.74) is 1.26. The Bertz CT molecular complexity index is 1650. The van der Waals surface area contributed by atoms with Crippen LogP contribution in [0.15, 0.2) is 23.3 Å². The number of allylic oxidation sites excluding steroid dienone is 3. The van der Waals surface area contributed by atoms with Crippen LogP contribution in [0.25, 0.3) is 0 Å². The van der Waals surface area contributed by atoms with E-state index in [-0.39, 0.29) is 67.1 Å². The van der Waals surface area contributed by atoms with Crippen LogP contribution >= 0.6 is 0 Å². The van der Waals surface area contributed by atoms with Gasteiger partial charge in [-0.25, -0.2) is 9.18 Å². The van der Waals surface area contributed by atoms with Gasteiger partial charge in [-0.3, -0.25) is 14.4 Å². The quantitative estimate of drug-likeness (QED) is 0.108. The molecule has 1 aliphatic carbocycles. The Morgan fingerprint density at radius 1 is 0.921 bits per heavy atom. The highest BCUT2D eigenvalue weighted by molar-refractivity contribution is 6.74. The molecule has 2 saturated heterocycles. The van der Waals surface area contributed by atoms with Gasteiger partial charge in [-0.2, -0.15) is 0 Å². The van der Waals surface area contributed by atoms with Crippen LogP contribution in [-0.2, 0) is 47.3 Å². The number of rotatable bonds is 8. The molecule has 0 radical (unpaired) electrons. The number of ether oxygens (including phenoxy) is 5.